The molecule has 0 saturated carbocycles. The van der Waals surface area contributed by atoms with E-state index >= 15 is 0 Å². The Labute approximate surface area is 127 Å². The van der Waals surface area contributed by atoms with E-state index in [0.717, 1.165) is 12.8 Å². The zero-order valence-electron chi connectivity index (χ0n) is 13.3. The fourth-order valence-electron chi connectivity index (χ4n) is 1.97. The number of aromatic amines is 1. The molecule has 0 aliphatic rings. The van der Waals surface area contributed by atoms with E-state index in [1.165, 1.54) is 4.31 Å². The Kier molecular flexibility index (Phi) is 6.57. The highest BCUT2D eigenvalue weighted by Crippen LogP contribution is 2.21. The van der Waals surface area contributed by atoms with Gasteiger partial charge in [0.1, 0.15) is 4.90 Å². The molecule has 1 aromatic rings. The van der Waals surface area contributed by atoms with Crippen molar-refractivity contribution in [2.24, 2.45) is 0 Å². The molecule has 0 fully saturated rings. The second-order valence-electron chi connectivity index (χ2n) is 5.42. The molecule has 0 saturated heterocycles. The molecule has 0 atom stereocenters. The van der Waals surface area contributed by atoms with Crippen LogP contribution in [0, 0.1) is 6.92 Å². The van der Waals surface area contributed by atoms with Crippen LogP contribution in [-0.4, -0.2) is 42.6 Å². The van der Waals surface area contributed by atoms with Gasteiger partial charge in [-0.15, -0.1) is 6.58 Å². The second kappa shape index (κ2) is 7.72. The Morgan fingerprint density at radius 3 is 2.71 bits per heavy atom. The van der Waals surface area contributed by atoms with Crippen LogP contribution in [-0.2, 0) is 16.6 Å². The summed E-state index contributed by atoms with van der Waals surface area (Å²) in [5.74, 6) is 0. The van der Waals surface area contributed by atoms with Crippen molar-refractivity contribution in [3.63, 3.8) is 0 Å². The van der Waals surface area contributed by atoms with E-state index < -0.39 is 10.0 Å². The summed E-state index contributed by atoms with van der Waals surface area (Å²) in [5, 5.41) is 10.1. The van der Waals surface area contributed by atoms with Gasteiger partial charge < -0.3 is 5.32 Å². The average molecular weight is 314 g/mol. The first-order valence-electron chi connectivity index (χ1n) is 7.15. The molecule has 0 spiro atoms. The molecule has 0 radical (unpaired) electrons. The van der Waals surface area contributed by atoms with Crippen LogP contribution in [0.15, 0.2) is 17.6 Å². The van der Waals surface area contributed by atoms with Gasteiger partial charge in [0.15, 0.2) is 0 Å². The third kappa shape index (κ3) is 4.66. The monoisotopic (exact) mass is 314 g/mol. The Morgan fingerprint density at radius 2 is 2.14 bits per heavy atom. The number of aryl methyl sites for hydroxylation is 1. The lowest BCUT2D eigenvalue weighted by Gasteiger charge is -2.17. The lowest BCUT2D eigenvalue weighted by Crippen LogP contribution is -2.30. The zero-order chi connectivity index (χ0) is 16.0. The Balaban J connectivity index is 2.96. The summed E-state index contributed by atoms with van der Waals surface area (Å²) in [6, 6.07) is 0.267. The van der Waals surface area contributed by atoms with Crippen molar-refractivity contribution in [3.8, 4) is 0 Å². The first-order chi connectivity index (χ1) is 9.80. The van der Waals surface area contributed by atoms with E-state index in [4.69, 9.17) is 0 Å². The van der Waals surface area contributed by atoms with E-state index in [2.05, 4.69) is 22.1 Å². The molecule has 0 amide bonds. The summed E-state index contributed by atoms with van der Waals surface area (Å²) in [6.45, 7) is 10.3. The summed E-state index contributed by atoms with van der Waals surface area (Å²) >= 11 is 0. The van der Waals surface area contributed by atoms with E-state index in [0.29, 0.717) is 24.5 Å². The third-order valence-corrected chi connectivity index (χ3v) is 5.25. The van der Waals surface area contributed by atoms with Crippen molar-refractivity contribution in [1.82, 2.24) is 19.8 Å². The van der Waals surface area contributed by atoms with Gasteiger partial charge >= 0.3 is 0 Å². The standard InChI is InChI=1S/C14H26N4O2S/c1-6-7-8-9-18(5)21(19,20)14-12(4)16-17-13(14)10-15-11(2)3/h6,11,15H,1,7-10H2,2-5H3,(H,16,17). The highest BCUT2D eigenvalue weighted by atomic mass is 32.2. The summed E-state index contributed by atoms with van der Waals surface area (Å²) in [4.78, 5) is 0.289. The van der Waals surface area contributed by atoms with Crippen molar-refractivity contribution in [1.29, 1.82) is 0 Å². The summed E-state index contributed by atoms with van der Waals surface area (Å²) < 4.78 is 26.8. The second-order valence-corrected chi connectivity index (χ2v) is 7.40. The number of hydrogen-bond acceptors (Lipinski definition) is 4. The molecule has 120 valence electrons. The molecular formula is C14H26N4O2S. The van der Waals surface area contributed by atoms with Crippen molar-refractivity contribution >= 4 is 10.0 Å². The minimum Gasteiger partial charge on any atom is -0.309 e. The fraction of sp³-hybridized carbons (Fsp3) is 0.643. The molecule has 1 rings (SSSR count). The van der Waals surface area contributed by atoms with Gasteiger partial charge in [-0.1, -0.05) is 19.9 Å². The van der Waals surface area contributed by atoms with Crippen molar-refractivity contribution in [3.05, 3.63) is 24.0 Å². The van der Waals surface area contributed by atoms with Crippen LogP contribution in [0.5, 0.6) is 0 Å². The minimum atomic E-state index is -3.52. The van der Waals surface area contributed by atoms with Crippen LogP contribution in [0.1, 0.15) is 38.1 Å². The number of allylic oxidation sites excluding steroid dienone is 1. The highest BCUT2D eigenvalue weighted by Gasteiger charge is 2.28. The molecule has 0 unspecified atom stereocenters. The predicted octanol–water partition coefficient (Wildman–Crippen LogP) is 1.80. The Morgan fingerprint density at radius 1 is 1.48 bits per heavy atom. The summed E-state index contributed by atoms with van der Waals surface area (Å²) in [7, 11) is -1.92. The van der Waals surface area contributed by atoms with E-state index in [-0.39, 0.29) is 10.9 Å². The van der Waals surface area contributed by atoms with Crippen LogP contribution < -0.4 is 5.32 Å². The zero-order valence-corrected chi connectivity index (χ0v) is 14.1. The number of hydrogen-bond donors (Lipinski definition) is 2. The molecular weight excluding hydrogens is 288 g/mol. The molecule has 7 heteroatoms. The lowest BCUT2D eigenvalue weighted by molar-refractivity contribution is 0.460. The molecule has 2 N–H and O–H groups in total. The number of sulfonamides is 1. The Bertz CT molecular complexity index is 564. The number of aromatic nitrogens is 2. The van der Waals surface area contributed by atoms with E-state index in [1.807, 2.05) is 13.8 Å². The number of nitrogens with zero attached hydrogens (tertiary/aromatic N) is 2. The van der Waals surface area contributed by atoms with Gasteiger partial charge in [-0.25, -0.2) is 12.7 Å². The molecule has 6 nitrogen and oxygen atoms in total. The van der Waals surface area contributed by atoms with Gasteiger partial charge in [-0.3, -0.25) is 5.10 Å². The third-order valence-electron chi connectivity index (χ3n) is 3.19. The van der Waals surface area contributed by atoms with E-state index in [9.17, 15) is 8.42 Å². The topological polar surface area (TPSA) is 78.1 Å². The number of nitrogens with one attached hydrogen (secondary N) is 2. The Hall–Kier alpha value is -1.18. The largest absolute Gasteiger partial charge is 0.309 e. The van der Waals surface area contributed by atoms with Gasteiger partial charge in [0.05, 0.1) is 11.4 Å². The highest BCUT2D eigenvalue weighted by molar-refractivity contribution is 7.89. The van der Waals surface area contributed by atoms with Crippen LogP contribution in [0.4, 0.5) is 0 Å². The molecule has 1 heterocycles. The van der Waals surface area contributed by atoms with Crippen LogP contribution in [0.25, 0.3) is 0 Å². The van der Waals surface area contributed by atoms with Crippen LogP contribution >= 0.6 is 0 Å². The van der Waals surface area contributed by atoms with Crippen LogP contribution in [0.2, 0.25) is 0 Å². The van der Waals surface area contributed by atoms with Crippen molar-refractivity contribution in [2.45, 2.75) is 51.1 Å². The fourth-order valence-corrected chi connectivity index (χ4v) is 3.50. The SMILES string of the molecule is C=CCCCN(C)S(=O)(=O)c1c(CNC(C)C)n[nH]c1C. The van der Waals surface area contributed by atoms with Crippen molar-refractivity contribution < 1.29 is 8.42 Å². The van der Waals surface area contributed by atoms with E-state index in [1.54, 1.807) is 20.0 Å². The molecule has 0 bridgehead atoms. The number of rotatable bonds is 9. The first-order valence-corrected chi connectivity index (χ1v) is 8.59. The maximum Gasteiger partial charge on any atom is 0.246 e. The number of H-pyrrole nitrogens is 1. The maximum atomic E-state index is 12.7. The quantitative estimate of drug-likeness (QED) is 0.538. The van der Waals surface area contributed by atoms with Crippen molar-refractivity contribution in [2.75, 3.05) is 13.6 Å². The number of unbranched alkanes of at least 4 members (excludes halogenated alkanes) is 1. The molecule has 0 aliphatic carbocycles. The molecule has 1 aromatic heterocycles. The van der Waals surface area contributed by atoms with Gasteiger partial charge in [-0.2, -0.15) is 5.10 Å². The van der Waals surface area contributed by atoms with Gasteiger partial charge in [0, 0.05) is 26.2 Å². The average Bonchev–Trinajstić information content (AvgIpc) is 2.78. The smallest absolute Gasteiger partial charge is 0.246 e. The van der Waals surface area contributed by atoms with Gasteiger partial charge in [0.2, 0.25) is 10.0 Å². The predicted molar refractivity (Wildman–Crippen MR) is 84.5 cm³/mol. The normalized spacial score (nSPS) is 12.3. The molecule has 0 aliphatic heterocycles. The van der Waals surface area contributed by atoms with Gasteiger partial charge in [0.25, 0.3) is 0 Å². The maximum absolute atomic E-state index is 12.7. The molecule has 21 heavy (non-hydrogen) atoms. The molecule has 0 aromatic carbocycles. The van der Waals surface area contributed by atoms with Gasteiger partial charge in [-0.05, 0) is 19.8 Å². The summed E-state index contributed by atoms with van der Waals surface area (Å²) in [6.07, 6.45) is 3.35. The van der Waals surface area contributed by atoms with Crippen LogP contribution in [0.3, 0.4) is 0 Å². The summed E-state index contributed by atoms with van der Waals surface area (Å²) in [5.41, 5.74) is 1.11. The first kappa shape index (κ1) is 17.9. The lowest BCUT2D eigenvalue weighted by atomic mass is 10.3. The minimum absolute atomic E-state index is 0.267.